The van der Waals surface area contributed by atoms with Crippen molar-refractivity contribution in [2.24, 2.45) is 15.0 Å². The molecule has 0 heterocycles. The van der Waals surface area contributed by atoms with Gasteiger partial charge in [0.2, 0.25) is 0 Å². The quantitative estimate of drug-likeness (QED) is 0.0832. The first kappa shape index (κ1) is 44.0. The Labute approximate surface area is 324 Å². The fraction of sp³-hybridized carbons (Fsp3) is 0.270. The maximum absolute atomic E-state index is 10.9. The zero-order chi connectivity index (χ0) is 36.9. The number of para-hydroxylation sites is 1. The monoisotopic (exact) mass is 889 g/mol. The molecule has 0 aromatic heterocycles. The predicted molar refractivity (Wildman–Crippen MR) is 199 cm³/mol. The molecule has 51 heavy (non-hydrogen) atoms. The van der Waals surface area contributed by atoms with E-state index in [4.69, 9.17) is 27.9 Å². The van der Waals surface area contributed by atoms with E-state index in [1.165, 1.54) is 33.4 Å². The van der Waals surface area contributed by atoms with Gasteiger partial charge in [-0.3, -0.25) is 15.0 Å². The molecule has 1 aliphatic carbocycles. The summed E-state index contributed by atoms with van der Waals surface area (Å²) < 4.78 is 60.1. The van der Waals surface area contributed by atoms with Gasteiger partial charge in [-0.15, -0.1) is 0 Å². The van der Waals surface area contributed by atoms with Crippen LogP contribution >= 0.6 is 31.9 Å². The van der Waals surface area contributed by atoms with Gasteiger partial charge in [0.05, 0.1) is 18.1 Å². The molecule has 0 radical (unpaired) electrons. The third-order valence-electron chi connectivity index (χ3n) is 7.67. The van der Waals surface area contributed by atoms with Crippen molar-refractivity contribution >= 4 is 60.6 Å². The summed E-state index contributed by atoms with van der Waals surface area (Å²) in [5.41, 5.74) is 1.66. The van der Waals surface area contributed by atoms with Crippen molar-refractivity contribution in [3.8, 4) is 5.75 Å². The first-order valence-electron chi connectivity index (χ1n) is 15.4. The Bertz CT molecular complexity index is 1750. The molecule has 1 fully saturated rings. The van der Waals surface area contributed by atoms with E-state index in [0.717, 1.165) is 19.3 Å². The van der Waals surface area contributed by atoms with Crippen LogP contribution in [0.1, 0.15) is 52.6 Å². The van der Waals surface area contributed by atoms with Crippen molar-refractivity contribution in [3.63, 3.8) is 0 Å². The second-order valence-electron chi connectivity index (χ2n) is 11.5. The van der Waals surface area contributed by atoms with Gasteiger partial charge in [-0.1, -0.05) is 116 Å². The molecule has 5 rings (SSSR count). The predicted octanol–water partition coefficient (Wildman–Crippen LogP) is 8.89. The van der Waals surface area contributed by atoms with Gasteiger partial charge in [-0.2, -0.15) is 13.2 Å². The van der Waals surface area contributed by atoms with Gasteiger partial charge in [-0.05, 0) is 85.5 Å². The number of halogens is 5. The number of nitrogens with zero attached hydrogens (tertiary/aromatic N) is 3. The average molecular weight is 891 g/mol. The van der Waals surface area contributed by atoms with Crippen LogP contribution in [-0.4, -0.2) is 55.2 Å². The number of aryl methyl sites for hydroxylation is 3. The Morgan fingerprint density at radius 1 is 0.627 bits per heavy atom. The summed E-state index contributed by atoms with van der Waals surface area (Å²) in [5, 5.41) is 10.9. The fourth-order valence-electron chi connectivity index (χ4n) is 4.83. The van der Waals surface area contributed by atoms with Gasteiger partial charge in [0.1, 0.15) is 0 Å². The maximum Gasteiger partial charge on any atom is 2.00 e. The molecule has 0 N–H and O–H groups in total. The summed E-state index contributed by atoms with van der Waals surface area (Å²) >= 11 is 6.21. The van der Waals surface area contributed by atoms with Crippen LogP contribution in [0.15, 0.2) is 115 Å². The number of benzene rings is 4. The standard InChI is InChI=1S/C30H33N3.C6H4Br2O.CHF3O3S.Fe/c1-22-10-4-7-13-25(22)19-31-28-16-29(32-20-26-14-8-5-11-23(26)2)18-30(17-28)33-21-27-15-9-6-12-24(27)3;7-4-2-1-3-5(8)6(4)9;2-1(3,4)8(5,6)7;/h4-15,19-21,28-30H,16-18H2,1-3H3;1-3,9H;(H,5,6,7);/q;;;+2/p-2. The number of hydrogen-bond acceptors (Lipinski definition) is 7. The van der Waals surface area contributed by atoms with Gasteiger partial charge < -0.3 is 9.66 Å². The summed E-state index contributed by atoms with van der Waals surface area (Å²) in [6, 6.07) is 31.1. The Hall–Kier alpha value is -3.13. The molecular formula is C37H36Br2F3FeN3O4S. The molecule has 0 spiro atoms. The van der Waals surface area contributed by atoms with E-state index in [1.54, 1.807) is 18.2 Å². The smallest absolute Gasteiger partial charge is 0.871 e. The van der Waals surface area contributed by atoms with Crippen LogP contribution in [0.3, 0.4) is 0 Å². The third kappa shape index (κ3) is 14.8. The van der Waals surface area contributed by atoms with Crippen molar-refractivity contribution in [1.29, 1.82) is 0 Å². The van der Waals surface area contributed by atoms with E-state index < -0.39 is 15.6 Å². The van der Waals surface area contributed by atoms with Crippen LogP contribution in [0.25, 0.3) is 0 Å². The second-order valence-corrected chi connectivity index (χ2v) is 14.6. The molecule has 1 aliphatic rings. The minimum Gasteiger partial charge on any atom is -0.871 e. The SMILES string of the molecule is Cc1ccccc1C=NC1CC(N=Cc2ccccc2C)CC(N=Cc2ccccc2C)C1.O=S(=O)([O-])C(F)(F)F.[Fe+2].[O-]c1c(Br)cccc1Br. The summed E-state index contributed by atoms with van der Waals surface area (Å²) in [5.74, 6) is -0.00231. The molecule has 4 aromatic carbocycles. The van der Waals surface area contributed by atoms with E-state index >= 15 is 0 Å². The first-order chi connectivity index (χ1) is 23.5. The summed E-state index contributed by atoms with van der Waals surface area (Å²) in [4.78, 5) is 15.0. The first-order valence-corrected chi connectivity index (χ1v) is 18.4. The molecule has 0 saturated heterocycles. The van der Waals surface area contributed by atoms with Gasteiger partial charge in [0.15, 0.2) is 10.1 Å². The van der Waals surface area contributed by atoms with Gasteiger partial charge in [-0.25, -0.2) is 8.42 Å². The van der Waals surface area contributed by atoms with Crippen LogP contribution in [0.4, 0.5) is 13.2 Å². The van der Waals surface area contributed by atoms with E-state index in [9.17, 15) is 18.3 Å². The van der Waals surface area contributed by atoms with Crippen LogP contribution in [0, 0.1) is 20.8 Å². The summed E-state index contributed by atoms with van der Waals surface area (Å²) in [6.07, 6.45) is 8.99. The zero-order valence-electron chi connectivity index (χ0n) is 27.9. The molecule has 0 unspecified atom stereocenters. The van der Waals surface area contributed by atoms with Crippen molar-refractivity contribution in [1.82, 2.24) is 0 Å². The number of rotatable bonds is 6. The fourth-order valence-corrected chi connectivity index (χ4v) is 5.83. The van der Waals surface area contributed by atoms with Crippen LogP contribution < -0.4 is 5.11 Å². The molecular weight excluding hydrogens is 855 g/mol. The van der Waals surface area contributed by atoms with Crippen molar-refractivity contribution in [3.05, 3.63) is 133 Å². The van der Waals surface area contributed by atoms with Gasteiger partial charge in [0.25, 0.3) is 0 Å². The molecule has 14 heteroatoms. The maximum atomic E-state index is 10.9. The Kier molecular flexibility index (Phi) is 18.0. The molecule has 4 aromatic rings. The molecule has 0 bridgehead atoms. The molecule has 0 atom stereocenters. The van der Waals surface area contributed by atoms with Crippen molar-refractivity contribution < 1.29 is 48.3 Å². The van der Waals surface area contributed by atoms with E-state index in [2.05, 4.69) is 125 Å². The van der Waals surface area contributed by atoms with Gasteiger partial charge >= 0.3 is 22.6 Å². The third-order valence-corrected chi connectivity index (χ3v) is 9.49. The Morgan fingerprint density at radius 3 is 1.14 bits per heavy atom. The van der Waals surface area contributed by atoms with Crippen LogP contribution in [0.5, 0.6) is 5.75 Å². The Morgan fingerprint density at radius 2 is 0.902 bits per heavy atom. The summed E-state index contributed by atoms with van der Waals surface area (Å²) in [6.45, 7) is 6.40. The number of aliphatic imine (C=N–C) groups is 3. The van der Waals surface area contributed by atoms with Gasteiger partial charge in [0, 0.05) is 27.6 Å². The normalized spacial score (nSPS) is 17.7. The van der Waals surface area contributed by atoms with Crippen LogP contribution in [-0.2, 0) is 27.2 Å². The zero-order valence-corrected chi connectivity index (χ0v) is 33.0. The average Bonchev–Trinajstić information content (AvgIpc) is 3.06. The summed E-state index contributed by atoms with van der Waals surface area (Å²) in [7, 11) is -6.09. The van der Waals surface area contributed by atoms with Crippen LogP contribution in [0.2, 0.25) is 0 Å². The van der Waals surface area contributed by atoms with Crippen molar-refractivity contribution in [2.45, 2.75) is 63.7 Å². The van der Waals surface area contributed by atoms with E-state index in [-0.39, 0.29) is 40.9 Å². The van der Waals surface area contributed by atoms with Crippen molar-refractivity contribution in [2.75, 3.05) is 0 Å². The molecule has 1 saturated carbocycles. The van der Waals surface area contributed by atoms with E-state index in [0.29, 0.717) is 8.95 Å². The van der Waals surface area contributed by atoms with E-state index in [1.807, 2.05) is 18.6 Å². The largest absolute Gasteiger partial charge is 2.00 e. The molecule has 7 nitrogen and oxygen atoms in total. The minimum atomic E-state index is -6.09. The number of alkyl halides is 3. The topological polar surface area (TPSA) is 117 Å². The minimum absolute atomic E-state index is 0. The molecule has 0 amide bonds. The molecule has 0 aliphatic heterocycles. The molecule has 272 valence electrons. The second kappa shape index (κ2) is 20.8. The Balaban J connectivity index is 0.000000412. The number of hydrogen-bond donors (Lipinski definition) is 0.